The van der Waals surface area contributed by atoms with Crippen molar-refractivity contribution in [2.75, 3.05) is 25.3 Å². The van der Waals surface area contributed by atoms with Gasteiger partial charge < -0.3 is 24.7 Å². The van der Waals surface area contributed by atoms with Crippen molar-refractivity contribution in [2.45, 2.75) is 25.2 Å². The van der Waals surface area contributed by atoms with E-state index in [1.807, 2.05) is 23.6 Å². The zero-order chi connectivity index (χ0) is 22.9. The van der Waals surface area contributed by atoms with Crippen LogP contribution in [0.4, 0.5) is 5.69 Å². The van der Waals surface area contributed by atoms with Crippen molar-refractivity contribution >= 4 is 29.3 Å². The van der Waals surface area contributed by atoms with Crippen LogP contribution in [0.15, 0.2) is 53.7 Å². The number of rotatable bonds is 10. The largest absolute Gasteiger partial charge is 0.497 e. The molecule has 3 aromatic rings. The molecule has 3 rings (SSSR count). The summed E-state index contributed by atoms with van der Waals surface area (Å²) >= 11 is 1.28. The van der Waals surface area contributed by atoms with E-state index in [4.69, 9.17) is 9.47 Å². The van der Waals surface area contributed by atoms with E-state index in [1.54, 1.807) is 50.6 Å². The second-order valence-electron chi connectivity index (χ2n) is 6.62. The number of carbonyl (C=O) groups excluding carboxylic acids is 2. The molecule has 0 unspecified atom stereocenters. The van der Waals surface area contributed by atoms with E-state index in [0.717, 1.165) is 0 Å². The number of nitrogens with zero attached hydrogens (tertiary/aromatic N) is 3. The highest BCUT2D eigenvalue weighted by Crippen LogP contribution is 2.20. The van der Waals surface area contributed by atoms with Crippen LogP contribution in [0.3, 0.4) is 0 Å². The van der Waals surface area contributed by atoms with Crippen LogP contribution in [0.25, 0.3) is 0 Å². The highest BCUT2D eigenvalue weighted by molar-refractivity contribution is 7.99. The molecule has 9 nitrogen and oxygen atoms in total. The molecule has 2 amide bonds. The number of carbonyl (C=O) groups is 2. The predicted octanol–water partition coefficient (Wildman–Crippen LogP) is 2.98. The topological polar surface area (TPSA) is 107 Å². The van der Waals surface area contributed by atoms with Gasteiger partial charge in [-0.2, -0.15) is 0 Å². The molecule has 10 heteroatoms. The Morgan fingerprint density at radius 1 is 1.03 bits per heavy atom. The first-order valence-electron chi connectivity index (χ1n) is 9.95. The second kappa shape index (κ2) is 11.2. The normalized spacial score (nSPS) is 10.5. The summed E-state index contributed by atoms with van der Waals surface area (Å²) in [5, 5.41) is 14.6. The number of aromatic nitrogens is 3. The van der Waals surface area contributed by atoms with Gasteiger partial charge in [-0.05, 0) is 43.3 Å². The van der Waals surface area contributed by atoms with Crippen molar-refractivity contribution in [3.63, 3.8) is 0 Å². The molecule has 2 N–H and O–H groups in total. The third kappa shape index (κ3) is 6.01. The molecular weight excluding hydrogens is 430 g/mol. The predicted molar refractivity (Wildman–Crippen MR) is 122 cm³/mol. The first-order valence-corrected chi connectivity index (χ1v) is 10.9. The zero-order valence-corrected chi connectivity index (χ0v) is 18.9. The molecule has 0 bridgehead atoms. The molecule has 0 radical (unpaired) electrons. The van der Waals surface area contributed by atoms with Gasteiger partial charge >= 0.3 is 0 Å². The summed E-state index contributed by atoms with van der Waals surface area (Å²) in [7, 11) is 3.15. The van der Waals surface area contributed by atoms with E-state index in [-0.39, 0.29) is 24.1 Å². The zero-order valence-electron chi connectivity index (χ0n) is 18.1. The first-order chi connectivity index (χ1) is 15.5. The Morgan fingerprint density at radius 3 is 2.47 bits per heavy atom. The lowest BCUT2D eigenvalue weighted by molar-refractivity contribution is -0.113. The van der Waals surface area contributed by atoms with Gasteiger partial charge in [-0.1, -0.05) is 17.8 Å². The number of benzene rings is 2. The Balaban J connectivity index is 1.55. The van der Waals surface area contributed by atoms with Crippen molar-refractivity contribution in [3.05, 3.63) is 59.9 Å². The van der Waals surface area contributed by atoms with Gasteiger partial charge in [0.2, 0.25) is 5.91 Å². The summed E-state index contributed by atoms with van der Waals surface area (Å²) < 4.78 is 12.1. The lowest BCUT2D eigenvalue weighted by Gasteiger charge is -2.09. The number of methoxy groups -OCH3 is 2. The molecule has 0 fully saturated rings. The molecule has 0 spiro atoms. The molecule has 1 aromatic heterocycles. The Kier molecular flexibility index (Phi) is 8.09. The Morgan fingerprint density at radius 2 is 1.78 bits per heavy atom. The molecule has 32 heavy (non-hydrogen) atoms. The van der Waals surface area contributed by atoms with Crippen LogP contribution in [-0.2, 0) is 17.9 Å². The smallest absolute Gasteiger partial charge is 0.251 e. The highest BCUT2D eigenvalue weighted by atomic mass is 32.2. The Bertz CT molecular complexity index is 1070. The molecule has 168 valence electrons. The molecule has 0 aliphatic carbocycles. The third-order valence-electron chi connectivity index (χ3n) is 4.55. The van der Waals surface area contributed by atoms with Gasteiger partial charge in [0.1, 0.15) is 11.5 Å². The number of hydrogen-bond donors (Lipinski definition) is 2. The van der Waals surface area contributed by atoms with Crippen molar-refractivity contribution in [1.29, 1.82) is 0 Å². The molecule has 0 aliphatic heterocycles. The van der Waals surface area contributed by atoms with Crippen molar-refractivity contribution in [3.8, 4) is 11.5 Å². The third-order valence-corrected chi connectivity index (χ3v) is 5.52. The van der Waals surface area contributed by atoms with Crippen LogP contribution in [0.5, 0.6) is 11.5 Å². The summed E-state index contributed by atoms with van der Waals surface area (Å²) in [5.74, 6) is 1.76. The van der Waals surface area contributed by atoms with E-state index in [2.05, 4.69) is 20.8 Å². The maximum Gasteiger partial charge on any atom is 0.251 e. The van der Waals surface area contributed by atoms with E-state index >= 15 is 0 Å². The summed E-state index contributed by atoms with van der Waals surface area (Å²) in [6, 6.07) is 14.0. The minimum Gasteiger partial charge on any atom is -0.497 e. The van der Waals surface area contributed by atoms with E-state index in [1.165, 1.54) is 11.8 Å². The molecule has 2 aromatic carbocycles. The van der Waals surface area contributed by atoms with Gasteiger partial charge in [-0.3, -0.25) is 9.59 Å². The van der Waals surface area contributed by atoms with Crippen LogP contribution < -0.4 is 20.1 Å². The van der Waals surface area contributed by atoms with Gasteiger partial charge in [0.05, 0.1) is 26.5 Å². The average Bonchev–Trinajstić information content (AvgIpc) is 3.23. The Hall–Kier alpha value is -3.53. The minimum atomic E-state index is -0.217. The van der Waals surface area contributed by atoms with Crippen molar-refractivity contribution < 1.29 is 19.1 Å². The fraction of sp³-hybridized carbons (Fsp3) is 0.273. The van der Waals surface area contributed by atoms with E-state index in [0.29, 0.717) is 40.3 Å². The van der Waals surface area contributed by atoms with Crippen LogP contribution in [0.1, 0.15) is 23.1 Å². The monoisotopic (exact) mass is 455 g/mol. The number of nitrogens with one attached hydrogen (secondary N) is 2. The molecule has 0 saturated carbocycles. The van der Waals surface area contributed by atoms with Crippen LogP contribution in [0.2, 0.25) is 0 Å². The lowest BCUT2D eigenvalue weighted by Crippen LogP contribution is -2.24. The number of anilines is 1. The summed E-state index contributed by atoms with van der Waals surface area (Å²) in [6.45, 7) is 2.79. The maximum absolute atomic E-state index is 12.4. The molecule has 0 atom stereocenters. The average molecular weight is 456 g/mol. The number of hydrogen-bond acceptors (Lipinski definition) is 7. The van der Waals surface area contributed by atoms with Crippen LogP contribution in [0, 0.1) is 0 Å². The van der Waals surface area contributed by atoms with Gasteiger partial charge in [0, 0.05) is 23.9 Å². The van der Waals surface area contributed by atoms with E-state index in [9.17, 15) is 9.59 Å². The van der Waals surface area contributed by atoms with Gasteiger partial charge in [0.25, 0.3) is 5.91 Å². The van der Waals surface area contributed by atoms with Gasteiger partial charge in [-0.25, -0.2) is 0 Å². The number of ether oxygens (including phenoxy) is 2. The van der Waals surface area contributed by atoms with Crippen molar-refractivity contribution in [1.82, 2.24) is 20.1 Å². The fourth-order valence-corrected chi connectivity index (χ4v) is 3.73. The first kappa shape index (κ1) is 23.1. The van der Waals surface area contributed by atoms with Crippen molar-refractivity contribution in [2.24, 2.45) is 0 Å². The number of amides is 2. The van der Waals surface area contributed by atoms with E-state index < -0.39 is 0 Å². The Labute approximate surface area is 190 Å². The molecule has 1 heterocycles. The SMILES string of the molecule is CCn1c(CNC(=O)c2ccc(OC)cc2)nnc1SCC(=O)Nc1cccc(OC)c1. The summed E-state index contributed by atoms with van der Waals surface area (Å²) in [4.78, 5) is 24.7. The number of thioether (sulfide) groups is 1. The van der Waals surface area contributed by atoms with Crippen LogP contribution in [-0.4, -0.2) is 46.6 Å². The van der Waals surface area contributed by atoms with Gasteiger partial charge in [-0.15, -0.1) is 10.2 Å². The lowest BCUT2D eigenvalue weighted by atomic mass is 10.2. The molecular formula is C22H25N5O4S. The fourth-order valence-electron chi connectivity index (χ4n) is 2.91. The molecule has 0 aliphatic rings. The maximum atomic E-state index is 12.4. The standard InChI is InChI=1S/C22H25N5O4S/c1-4-27-19(13-23-21(29)15-8-10-17(30-2)11-9-15)25-26-22(27)32-14-20(28)24-16-6-5-7-18(12-16)31-3/h5-12H,4,13-14H2,1-3H3,(H,23,29)(H,24,28). The highest BCUT2D eigenvalue weighted by Gasteiger charge is 2.15. The quantitative estimate of drug-likeness (QED) is 0.453. The molecule has 0 saturated heterocycles. The van der Waals surface area contributed by atoms with Crippen LogP contribution >= 0.6 is 11.8 Å². The second-order valence-corrected chi connectivity index (χ2v) is 7.57. The summed E-state index contributed by atoms with van der Waals surface area (Å²) in [6.07, 6.45) is 0. The minimum absolute atomic E-state index is 0.164. The summed E-state index contributed by atoms with van der Waals surface area (Å²) in [5.41, 5.74) is 1.19. The van der Waals surface area contributed by atoms with Gasteiger partial charge in [0.15, 0.2) is 11.0 Å².